The van der Waals surface area contributed by atoms with Gasteiger partial charge in [-0.15, -0.1) is 0 Å². The van der Waals surface area contributed by atoms with Gasteiger partial charge in [0.05, 0.1) is 18.5 Å². The van der Waals surface area contributed by atoms with E-state index in [0.29, 0.717) is 0 Å². The van der Waals surface area contributed by atoms with E-state index in [0.717, 1.165) is 22.7 Å². The molecule has 2 rings (SSSR count). The smallest absolute Gasteiger partial charge is 0.119 e. The number of aromatic amines is 1. The van der Waals surface area contributed by atoms with E-state index in [-0.39, 0.29) is 6.04 Å². The number of ether oxygens (including phenoxy) is 1. The van der Waals surface area contributed by atoms with Crippen molar-refractivity contribution < 1.29 is 4.74 Å². The first-order chi connectivity index (χ1) is 7.70. The summed E-state index contributed by atoms with van der Waals surface area (Å²) >= 11 is 0. The minimum absolute atomic E-state index is 0.0353. The third kappa shape index (κ3) is 2.06. The number of aromatic nitrogens is 2. The first kappa shape index (κ1) is 10.7. The third-order valence-corrected chi connectivity index (χ3v) is 2.45. The second-order valence-electron chi connectivity index (χ2n) is 3.73. The summed E-state index contributed by atoms with van der Waals surface area (Å²) in [6.45, 7) is 1.92. The first-order valence-corrected chi connectivity index (χ1v) is 5.16. The molecule has 1 aromatic heterocycles. The summed E-state index contributed by atoms with van der Waals surface area (Å²) in [6.07, 6.45) is 0. The molecule has 0 saturated carbocycles. The highest BCUT2D eigenvalue weighted by molar-refractivity contribution is 5.61. The number of methoxy groups -OCH3 is 1. The van der Waals surface area contributed by atoms with Crippen LogP contribution in [0.5, 0.6) is 5.75 Å². The molecule has 0 bridgehead atoms. The van der Waals surface area contributed by atoms with Crippen LogP contribution in [0.2, 0.25) is 0 Å². The molecule has 16 heavy (non-hydrogen) atoms. The number of hydrogen-bond donors (Lipinski definition) is 2. The van der Waals surface area contributed by atoms with E-state index >= 15 is 0 Å². The van der Waals surface area contributed by atoms with E-state index in [2.05, 4.69) is 10.2 Å². The minimum Gasteiger partial charge on any atom is -0.497 e. The molecule has 0 unspecified atom stereocenters. The molecular weight excluding hydrogens is 202 g/mol. The highest BCUT2D eigenvalue weighted by Gasteiger charge is 2.07. The molecule has 1 heterocycles. The molecule has 4 nitrogen and oxygen atoms in total. The van der Waals surface area contributed by atoms with Crippen LogP contribution in [0.4, 0.5) is 0 Å². The first-order valence-electron chi connectivity index (χ1n) is 5.16. The maximum Gasteiger partial charge on any atom is 0.119 e. The highest BCUT2D eigenvalue weighted by atomic mass is 16.5. The summed E-state index contributed by atoms with van der Waals surface area (Å²) in [5.74, 6) is 0.822. The molecule has 0 fully saturated rings. The molecule has 0 amide bonds. The molecule has 84 valence electrons. The van der Waals surface area contributed by atoms with Gasteiger partial charge in [-0.3, -0.25) is 5.10 Å². The van der Waals surface area contributed by atoms with Crippen molar-refractivity contribution >= 4 is 0 Å². The van der Waals surface area contributed by atoms with E-state index in [1.165, 1.54) is 0 Å². The average molecular weight is 217 g/mol. The predicted octanol–water partition coefficient (Wildman–Crippen LogP) is 2.10. The quantitative estimate of drug-likeness (QED) is 0.827. The summed E-state index contributed by atoms with van der Waals surface area (Å²) in [4.78, 5) is 0. The number of benzene rings is 1. The number of nitrogens with two attached hydrogens (primary N) is 1. The van der Waals surface area contributed by atoms with Crippen molar-refractivity contribution in [2.75, 3.05) is 7.11 Å². The lowest BCUT2D eigenvalue weighted by molar-refractivity contribution is 0.415. The molecule has 3 N–H and O–H groups in total. The van der Waals surface area contributed by atoms with Gasteiger partial charge in [0.15, 0.2) is 0 Å². The Morgan fingerprint density at radius 1 is 1.38 bits per heavy atom. The molecule has 2 aromatic rings. The zero-order valence-electron chi connectivity index (χ0n) is 9.40. The van der Waals surface area contributed by atoms with E-state index in [4.69, 9.17) is 10.5 Å². The van der Waals surface area contributed by atoms with Crippen LogP contribution in [0.15, 0.2) is 30.3 Å². The Kier molecular flexibility index (Phi) is 2.92. The number of H-pyrrole nitrogens is 1. The molecular formula is C12H15N3O. The average Bonchev–Trinajstić information content (AvgIpc) is 2.78. The largest absolute Gasteiger partial charge is 0.497 e. The second kappa shape index (κ2) is 4.37. The van der Waals surface area contributed by atoms with Crippen LogP contribution < -0.4 is 10.5 Å². The van der Waals surface area contributed by atoms with Crippen LogP contribution in [0.3, 0.4) is 0 Å². The lowest BCUT2D eigenvalue weighted by Gasteiger charge is -2.01. The van der Waals surface area contributed by atoms with Crippen LogP contribution in [-0.4, -0.2) is 17.3 Å². The fraction of sp³-hybridized carbons (Fsp3) is 0.250. The third-order valence-electron chi connectivity index (χ3n) is 2.45. The van der Waals surface area contributed by atoms with Gasteiger partial charge in [0.25, 0.3) is 0 Å². The molecule has 0 radical (unpaired) electrons. The van der Waals surface area contributed by atoms with Gasteiger partial charge in [0.2, 0.25) is 0 Å². The zero-order valence-corrected chi connectivity index (χ0v) is 9.40. The summed E-state index contributed by atoms with van der Waals surface area (Å²) in [5, 5.41) is 7.15. The maximum absolute atomic E-state index is 5.77. The van der Waals surface area contributed by atoms with Crippen LogP contribution in [0.25, 0.3) is 11.3 Å². The molecule has 0 aliphatic carbocycles. The van der Waals surface area contributed by atoms with Crippen molar-refractivity contribution in [2.45, 2.75) is 13.0 Å². The van der Waals surface area contributed by atoms with Gasteiger partial charge in [-0.2, -0.15) is 5.10 Å². The van der Waals surface area contributed by atoms with Crippen LogP contribution in [0.1, 0.15) is 18.7 Å². The van der Waals surface area contributed by atoms with E-state index in [9.17, 15) is 0 Å². The Bertz CT molecular complexity index is 477. The van der Waals surface area contributed by atoms with Crippen LogP contribution in [-0.2, 0) is 0 Å². The van der Waals surface area contributed by atoms with Crippen molar-refractivity contribution in [2.24, 2.45) is 5.73 Å². The Morgan fingerprint density at radius 2 is 2.19 bits per heavy atom. The Balaban J connectivity index is 2.34. The van der Waals surface area contributed by atoms with E-state index < -0.39 is 0 Å². The Morgan fingerprint density at radius 3 is 2.81 bits per heavy atom. The molecule has 0 spiro atoms. The van der Waals surface area contributed by atoms with Gasteiger partial charge >= 0.3 is 0 Å². The fourth-order valence-electron chi connectivity index (χ4n) is 1.50. The molecule has 0 aliphatic rings. The van der Waals surface area contributed by atoms with E-state index in [1.54, 1.807) is 7.11 Å². The molecule has 1 atom stereocenters. The van der Waals surface area contributed by atoms with Crippen molar-refractivity contribution in [1.29, 1.82) is 0 Å². The SMILES string of the molecule is COc1cccc(-c2cc([C@H](C)N)[nH]n2)c1. The van der Waals surface area contributed by atoms with Crippen LogP contribution in [0, 0.1) is 0 Å². The lowest BCUT2D eigenvalue weighted by Crippen LogP contribution is -2.04. The maximum atomic E-state index is 5.77. The summed E-state index contributed by atoms with van der Waals surface area (Å²) < 4.78 is 5.17. The van der Waals surface area contributed by atoms with Gasteiger partial charge in [-0.25, -0.2) is 0 Å². The fourth-order valence-corrected chi connectivity index (χ4v) is 1.50. The standard InChI is InChI=1S/C12H15N3O/c1-8(13)11-7-12(15-14-11)9-4-3-5-10(6-9)16-2/h3-8H,13H2,1-2H3,(H,14,15)/t8-/m0/s1. The second-order valence-corrected chi connectivity index (χ2v) is 3.73. The highest BCUT2D eigenvalue weighted by Crippen LogP contribution is 2.23. The van der Waals surface area contributed by atoms with Gasteiger partial charge in [0.1, 0.15) is 5.75 Å². The number of nitrogens with zero attached hydrogens (tertiary/aromatic N) is 1. The summed E-state index contributed by atoms with van der Waals surface area (Å²) in [6, 6.07) is 9.70. The molecule has 4 heteroatoms. The van der Waals surface area contributed by atoms with Gasteiger partial charge in [0, 0.05) is 11.6 Å². The van der Waals surface area contributed by atoms with Crippen molar-refractivity contribution in [3.05, 3.63) is 36.0 Å². The monoisotopic (exact) mass is 217 g/mol. The summed E-state index contributed by atoms with van der Waals surface area (Å²) in [5.41, 5.74) is 8.59. The van der Waals surface area contributed by atoms with Gasteiger partial charge in [-0.05, 0) is 25.1 Å². The molecule has 0 aliphatic heterocycles. The zero-order chi connectivity index (χ0) is 11.5. The Hall–Kier alpha value is -1.81. The minimum atomic E-state index is -0.0353. The van der Waals surface area contributed by atoms with Gasteiger partial charge in [-0.1, -0.05) is 12.1 Å². The summed E-state index contributed by atoms with van der Waals surface area (Å²) in [7, 11) is 1.65. The number of nitrogens with one attached hydrogen (secondary N) is 1. The Labute approximate surface area is 94.4 Å². The predicted molar refractivity (Wildman–Crippen MR) is 63.2 cm³/mol. The number of hydrogen-bond acceptors (Lipinski definition) is 3. The van der Waals surface area contributed by atoms with Crippen molar-refractivity contribution in [3.8, 4) is 17.0 Å². The van der Waals surface area contributed by atoms with E-state index in [1.807, 2.05) is 37.3 Å². The lowest BCUT2D eigenvalue weighted by atomic mass is 10.1. The molecule has 0 saturated heterocycles. The topological polar surface area (TPSA) is 63.9 Å². The molecule has 1 aromatic carbocycles. The van der Waals surface area contributed by atoms with Crippen molar-refractivity contribution in [3.63, 3.8) is 0 Å². The van der Waals surface area contributed by atoms with Gasteiger partial charge < -0.3 is 10.5 Å². The van der Waals surface area contributed by atoms with Crippen LogP contribution >= 0.6 is 0 Å². The van der Waals surface area contributed by atoms with Crippen molar-refractivity contribution in [1.82, 2.24) is 10.2 Å². The number of rotatable bonds is 3. The normalized spacial score (nSPS) is 12.4.